The van der Waals surface area contributed by atoms with Crippen LogP contribution in [-0.4, -0.2) is 45.0 Å². The number of aryl methyl sites for hydroxylation is 2. The molecule has 21 heavy (non-hydrogen) atoms. The first-order chi connectivity index (χ1) is 10.1. The van der Waals surface area contributed by atoms with Crippen molar-refractivity contribution in [2.75, 3.05) is 14.2 Å². The van der Waals surface area contributed by atoms with E-state index in [0.717, 1.165) is 17.8 Å². The summed E-state index contributed by atoms with van der Waals surface area (Å²) in [4.78, 5) is 11.7. The summed E-state index contributed by atoms with van der Waals surface area (Å²) in [7, 11) is 4.74. The molecule has 2 rings (SSSR count). The molecule has 0 atom stereocenters. The van der Waals surface area contributed by atoms with Gasteiger partial charge in [0.25, 0.3) is 0 Å². The lowest BCUT2D eigenvalue weighted by Gasteiger charge is -2.07. The SMILES string of the molecule is CCc1cc(Cn2nnc(C(=O)OC)c2COC)n(C)n1. The van der Waals surface area contributed by atoms with E-state index < -0.39 is 5.97 Å². The second kappa shape index (κ2) is 6.49. The number of aromatic nitrogens is 5. The molecule has 0 unspecified atom stereocenters. The molecule has 114 valence electrons. The minimum atomic E-state index is -0.521. The van der Waals surface area contributed by atoms with Crippen LogP contribution in [0.5, 0.6) is 0 Å². The predicted molar refractivity (Wildman–Crippen MR) is 73.8 cm³/mol. The Morgan fingerprint density at radius 1 is 1.38 bits per heavy atom. The van der Waals surface area contributed by atoms with Crippen LogP contribution in [0.25, 0.3) is 0 Å². The van der Waals surface area contributed by atoms with Gasteiger partial charge in [-0.25, -0.2) is 9.48 Å². The van der Waals surface area contributed by atoms with Gasteiger partial charge in [-0.05, 0) is 12.5 Å². The lowest BCUT2D eigenvalue weighted by atomic mass is 10.3. The van der Waals surface area contributed by atoms with Crippen LogP contribution < -0.4 is 0 Å². The fraction of sp³-hybridized carbons (Fsp3) is 0.538. The molecule has 0 saturated heterocycles. The molecule has 0 aromatic carbocycles. The second-order valence-corrected chi connectivity index (χ2v) is 4.57. The monoisotopic (exact) mass is 293 g/mol. The molecule has 0 aliphatic rings. The van der Waals surface area contributed by atoms with Crippen molar-refractivity contribution in [3.05, 3.63) is 28.8 Å². The zero-order valence-corrected chi connectivity index (χ0v) is 12.7. The third kappa shape index (κ3) is 3.10. The van der Waals surface area contributed by atoms with Gasteiger partial charge in [0.2, 0.25) is 0 Å². The zero-order chi connectivity index (χ0) is 15.4. The molecule has 2 aromatic heterocycles. The van der Waals surface area contributed by atoms with Gasteiger partial charge in [-0.2, -0.15) is 5.10 Å². The minimum absolute atomic E-state index is 0.178. The number of rotatable bonds is 6. The quantitative estimate of drug-likeness (QED) is 0.723. The van der Waals surface area contributed by atoms with Crippen molar-refractivity contribution in [1.29, 1.82) is 0 Å². The maximum Gasteiger partial charge on any atom is 0.360 e. The maximum absolute atomic E-state index is 11.7. The summed E-state index contributed by atoms with van der Waals surface area (Å²) in [5, 5.41) is 12.3. The van der Waals surface area contributed by atoms with Crippen molar-refractivity contribution in [2.24, 2.45) is 7.05 Å². The smallest absolute Gasteiger partial charge is 0.360 e. The molecule has 8 heteroatoms. The van der Waals surface area contributed by atoms with Gasteiger partial charge in [-0.15, -0.1) is 5.10 Å². The summed E-state index contributed by atoms with van der Waals surface area (Å²) >= 11 is 0. The molecule has 0 aliphatic heterocycles. The van der Waals surface area contributed by atoms with Crippen LogP contribution in [0.3, 0.4) is 0 Å². The maximum atomic E-state index is 11.7. The summed E-state index contributed by atoms with van der Waals surface area (Å²) in [6.07, 6.45) is 0.865. The number of ether oxygens (including phenoxy) is 2. The van der Waals surface area contributed by atoms with Gasteiger partial charge in [0, 0.05) is 14.2 Å². The Morgan fingerprint density at radius 2 is 2.14 bits per heavy atom. The second-order valence-electron chi connectivity index (χ2n) is 4.57. The van der Waals surface area contributed by atoms with Crippen molar-refractivity contribution in [1.82, 2.24) is 24.8 Å². The molecule has 0 radical (unpaired) electrons. The summed E-state index contributed by atoms with van der Waals surface area (Å²) < 4.78 is 13.3. The molecule has 0 spiro atoms. The highest BCUT2D eigenvalue weighted by atomic mass is 16.5. The molecule has 0 bridgehead atoms. The third-order valence-corrected chi connectivity index (χ3v) is 3.20. The molecule has 0 saturated carbocycles. The van der Waals surface area contributed by atoms with E-state index in [2.05, 4.69) is 15.4 Å². The summed E-state index contributed by atoms with van der Waals surface area (Å²) in [6, 6.07) is 2.01. The van der Waals surface area contributed by atoms with Gasteiger partial charge < -0.3 is 9.47 Å². The first kappa shape index (κ1) is 15.2. The molecule has 0 fully saturated rings. The average Bonchev–Trinajstić information content (AvgIpc) is 3.04. The summed E-state index contributed by atoms with van der Waals surface area (Å²) in [5.74, 6) is -0.521. The summed E-state index contributed by atoms with van der Waals surface area (Å²) in [5.41, 5.74) is 2.75. The van der Waals surface area contributed by atoms with Crippen molar-refractivity contribution >= 4 is 5.97 Å². The zero-order valence-electron chi connectivity index (χ0n) is 12.7. The van der Waals surface area contributed by atoms with E-state index in [-0.39, 0.29) is 12.3 Å². The van der Waals surface area contributed by atoms with Gasteiger partial charge in [0.1, 0.15) is 0 Å². The number of carbonyl (C=O) groups excluding carboxylic acids is 1. The van der Waals surface area contributed by atoms with Crippen LogP contribution in [0.15, 0.2) is 6.07 Å². The lowest BCUT2D eigenvalue weighted by molar-refractivity contribution is 0.0588. The Labute approximate surface area is 122 Å². The fourth-order valence-corrected chi connectivity index (χ4v) is 2.04. The minimum Gasteiger partial charge on any atom is -0.464 e. The van der Waals surface area contributed by atoms with E-state index in [0.29, 0.717) is 12.2 Å². The first-order valence-corrected chi connectivity index (χ1v) is 6.62. The third-order valence-electron chi connectivity index (χ3n) is 3.20. The van der Waals surface area contributed by atoms with Gasteiger partial charge in [-0.3, -0.25) is 4.68 Å². The highest BCUT2D eigenvalue weighted by Gasteiger charge is 2.21. The Kier molecular flexibility index (Phi) is 4.69. The number of methoxy groups -OCH3 is 2. The molecule has 2 aromatic rings. The number of esters is 1. The molecule has 0 amide bonds. The Morgan fingerprint density at radius 3 is 2.71 bits per heavy atom. The van der Waals surface area contributed by atoms with Gasteiger partial charge >= 0.3 is 5.97 Å². The average molecular weight is 293 g/mol. The van der Waals surface area contributed by atoms with E-state index in [1.54, 1.807) is 16.5 Å². The fourth-order valence-electron chi connectivity index (χ4n) is 2.04. The van der Waals surface area contributed by atoms with Crippen molar-refractivity contribution in [3.63, 3.8) is 0 Å². The topological polar surface area (TPSA) is 84.1 Å². The van der Waals surface area contributed by atoms with Crippen LogP contribution in [0.2, 0.25) is 0 Å². The van der Waals surface area contributed by atoms with Gasteiger partial charge in [-0.1, -0.05) is 12.1 Å². The van der Waals surface area contributed by atoms with Crippen LogP contribution >= 0.6 is 0 Å². The normalized spacial score (nSPS) is 10.9. The van der Waals surface area contributed by atoms with Crippen LogP contribution in [-0.2, 0) is 36.1 Å². The van der Waals surface area contributed by atoms with E-state index in [1.165, 1.54) is 7.11 Å². The van der Waals surface area contributed by atoms with Crippen LogP contribution in [0, 0.1) is 0 Å². The Bertz CT molecular complexity index is 632. The number of nitrogens with zero attached hydrogens (tertiary/aromatic N) is 5. The molecule has 0 aliphatic carbocycles. The first-order valence-electron chi connectivity index (χ1n) is 6.62. The largest absolute Gasteiger partial charge is 0.464 e. The van der Waals surface area contributed by atoms with E-state index in [9.17, 15) is 4.79 Å². The van der Waals surface area contributed by atoms with Gasteiger partial charge in [0.15, 0.2) is 5.69 Å². The number of carbonyl (C=O) groups is 1. The van der Waals surface area contributed by atoms with E-state index in [1.807, 2.05) is 20.0 Å². The highest BCUT2D eigenvalue weighted by Crippen LogP contribution is 2.12. The molecule has 8 nitrogen and oxygen atoms in total. The van der Waals surface area contributed by atoms with Crippen molar-refractivity contribution in [3.8, 4) is 0 Å². The Balaban J connectivity index is 2.32. The highest BCUT2D eigenvalue weighted by molar-refractivity contribution is 5.88. The van der Waals surface area contributed by atoms with Gasteiger partial charge in [0.05, 0.1) is 37.3 Å². The van der Waals surface area contributed by atoms with Crippen molar-refractivity contribution < 1.29 is 14.3 Å². The van der Waals surface area contributed by atoms with Crippen molar-refractivity contribution in [2.45, 2.75) is 26.5 Å². The Hall–Kier alpha value is -2.22. The molecule has 0 N–H and O–H groups in total. The summed E-state index contributed by atoms with van der Waals surface area (Å²) in [6.45, 7) is 2.75. The molecule has 2 heterocycles. The van der Waals surface area contributed by atoms with Crippen LogP contribution in [0.1, 0.15) is 34.5 Å². The predicted octanol–water partition coefficient (Wildman–Crippen LogP) is 0.555. The standard InChI is InChI=1S/C13H19N5O3/c1-5-9-6-10(17(2)15-9)7-18-11(8-20-3)12(14-16-18)13(19)21-4/h6H,5,7-8H2,1-4H3. The molecular formula is C13H19N5O3. The number of hydrogen-bond donors (Lipinski definition) is 0. The van der Waals surface area contributed by atoms with E-state index >= 15 is 0 Å². The van der Waals surface area contributed by atoms with Crippen LogP contribution in [0.4, 0.5) is 0 Å². The van der Waals surface area contributed by atoms with E-state index in [4.69, 9.17) is 9.47 Å². The molecular weight excluding hydrogens is 274 g/mol. The lowest BCUT2D eigenvalue weighted by Crippen LogP contribution is -2.13. The number of hydrogen-bond acceptors (Lipinski definition) is 6.